The maximum atomic E-state index is 10.2. The fourth-order valence-corrected chi connectivity index (χ4v) is 2.63. The van der Waals surface area contributed by atoms with E-state index in [1.54, 1.807) is 0 Å². The molecule has 2 heterocycles. The fraction of sp³-hybridized carbons (Fsp3) is 0.444. The molecule has 1 aromatic carbocycles. The van der Waals surface area contributed by atoms with E-state index >= 15 is 0 Å². The maximum Gasteiger partial charge on any atom is 0.225 e. The van der Waals surface area contributed by atoms with Crippen molar-refractivity contribution in [2.24, 2.45) is 0 Å². The highest BCUT2D eigenvalue weighted by Crippen LogP contribution is 2.13. The molecular formula is C18H24N4O2. The minimum Gasteiger partial charge on any atom is -0.387 e. The molecule has 1 fully saturated rings. The largest absolute Gasteiger partial charge is 0.387 e. The Morgan fingerprint density at radius 1 is 1.17 bits per heavy atom. The lowest BCUT2D eigenvalue weighted by atomic mass is 10.1. The van der Waals surface area contributed by atoms with Gasteiger partial charge in [-0.3, -0.25) is 0 Å². The van der Waals surface area contributed by atoms with Crippen LogP contribution in [0.15, 0.2) is 36.7 Å². The van der Waals surface area contributed by atoms with Crippen molar-refractivity contribution in [2.45, 2.75) is 19.6 Å². The van der Waals surface area contributed by atoms with Gasteiger partial charge in [0.2, 0.25) is 5.95 Å². The summed E-state index contributed by atoms with van der Waals surface area (Å²) in [5.74, 6) is 0.752. The summed E-state index contributed by atoms with van der Waals surface area (Å²) < 4.78 is 5.33. The van der Waals surface area contributed by atoms with Gasteiger partial charge in [0.25, 0.3) is 0 Å². The Labute approximate surface area is 142 Å². The molecule has 0 aliphatic carbocycles. The summed E-state index contributed by atoms with van der Waals surface area (Å²) in [6.45, 7) is 6.28. The molecule has 1 unspecified atom stereocenters. The Bertz CT molecular complexity index is 624. The van der Waals surface area contributed by atoms with E-state index in [1.165, 1.54) is 5.56 Å². The van der Waals surface area contributed by atoms with Crippen LogP contribution in [0.5, 0.6) is 0 Å². The first kappa shape index (κ1) is 16.8. The van der Waals surface area contributed by atoms with Gasteiger partial charge in [-0.25, -0.2) is 9.97 Å². The van der Waals surface area contributed by atoms with E-state index in [1.807, 2.05) is 43.6 Å². The molecule has 1 aromatic heterocycles. The highest BCUT2D eigenvalue weighted by Gasteiger charge is 2.13. The van der Waals surface area contributed by atoms with Crippen LogP contribution < -0.4 is 10.2 Å². The number of hydrogen-bond acceptors (Lipinski definition) is 6. The molecule has 0 spiro atoms. The summed E-state index contributed by atoms with van der Waals surface area (Å²) in [6, 6.07) is 7.94. The number of nitrogens with zero attached hydrogens (tertiary/aromatic N) is 3. The van der Waals surface area contributed by atoms with Gasteiger partial charge in [0.05, 0.1) is 19.3 Å². The Balaban J connectivity index is 1.47. The van der Waals surface area contributed by atoms with E-state index in [9.17, 15) is 5.11 Å². The SMILES string of the molecule is Cc1ccc(C(O)CNCc2cnc(N3CCOCC3)nc2)cc1. The zero-order valence-corrected chi connectivity index (χ0v) is 14.0. The molecule has 0 amide bonds. The molecule has 2 aromatic rings. The van der Waals surface area contributed by atoms with E-state index in [0.29, 0.717) is 13.1 Å². The van der Waals surface area contributed by atoms with Crippen LogP contribution in [0.3, 0.4) is 0 Å². The molecule has 6 nitrogen and oxygen atoms in total. The smallest absolute Gasteiger partial charge is 0.225 e. The molecule has 0 bridgehead atoms. The Morgan fingerprint density at radius 3 is 2.50 bits per heavy atom. The first-order valence-electron chi connectivity index (χ1n) is 8.31. The van der Waals surface area contributed by atoms with E-state index in [0.717, 1.165) is 43.4 Å². The van der Waals surface area contributed by atoms with Gasteiger partial charge >= 0.3 is 0 Å². The lowest BCUT2D eigenvalue weighted by Gasteiger charge is -2.26. The standard InChI is InChI=1S/C18H24N4O2/c1-14-2-4-16(5-3-14)17(23)13-19-10-15-11-20-18(21-12-15)22-6-8-24-9-7-22/h2-5,11-12,17,19,23H,6-10,13H2,1H3. The van der Waals surface area contributed by atoms with Crippen LogP contribution in [-0.2, 0) is 11.3 Å². The summed E-state index contributed by atoms with van der Waals surface area (Å²) in [6.07, 6.45) is 3.16. The zero-order chi connectivity index (χ0) is 16.8. The molecule has 6 heteroatoms. The Morgan fingerprint density at radius 2 is 1.83 bits per heavy atom. The molecule has 2 N–H and O–H groups in total. The van der Waals surface area contributed by atoms with Crippen LogP contribution in [0, 0.1) is 6.92 Å². The third kappa shape index (κ3) is 4.50. The quantitative estimate of drug-likeness (QED) is 0.836. The lowest BCUT2D eigenvalue weighted by molar-refractivity contribution is 0.122. The van der Waals surface area contributed by atoms with E-state index in [4.69, 9.17) is 4.74 Å². The number of morpholine rings is 1. The predicted octanol–water partition coefficient (Wildman–Crippen LogP) is 1.44. The summed E-state index contributed by atoms with van der Waals surface area (Å²) in [7, 11) is 0. The number of benzene rings is 1. The molecule has 1 atom stereocenters. The van der Waals surface area contributed by atoms with E-state index in [2.05, 4.69) is 20.2 Å². The third-order valence-electron chi connectivity index (χ3n) is 4.11. The molecule has 3 rings (SSSR count). The second-order valence-corrected chi connectivity index (χ2v) is 6.05. The second kappa shape index (κ2) is 8.19. The molecule has 1 aliphatic heterocycles. The predicted molar refractivity (Wildman–Crippen MR) is 92.9 cm³/mol. The summed E-state index contributed by atoms with van der Waals surface area (Å²) >= 11 is 0. The number of aromatic nitrogens is 2. The monoisotopic (exact) mass is 328 g/mol. The van der Waals surface area contributed by atoms with E-state index < -0.39 is 6.10 Å². The summed E-state index contributed by atoms with van der Waals surface area (Å²) in [4.78, 5) is 11.0. The van der Waals surface area contributed by atoms with Crippen molar-refractivity contribution in [3.8, 4) is 0 Å². The van der Waals surface area contributed by atoms with Crippen molar-refractivity contribution >= 4 is 5.95 Å². The van der Waals surface area contributed by atoms with Gasteiger partial charge in [-0.2, -0.15) is 0 Å². The van der Waals surface area contributed by atoms with Gasteiger partial charge < -0.3 is 20.1 Å². The van der Waals surface area contributed by atoms with Crippen molar-refractivity contribution in [3.63, 3.8) is 0 Å². The van der Waals surface area contributed by atoms with Crippen LogP contribution in [0.4, 0.5) is 5.95 Å². The van der Waals surface area contributed by atoms with Crippen LogP contribution in [0.2, 0.25) is 0 Å². The molecule has 1 aliphatic rings. The number of rotatable bonds is 6. The molecule has 0 saturated carbocycles. The van der Waals surface area contributed by atoms with Gasteiger partial charge in [0.1, 0.15) is 0 Å². The van der Waals surface area contributed by atoms with Crippen molar-refractivity contribution in [1.82, 2.24) is 15.3 Å². The third-order valence-corrected chi connectivity index (χ3v) is 4.11. The maximum absolute atomic E-state index is 10.2. The van der Waals surface area contributed by atoms with Crippen molar-refractivity contribution in [3.05, 3.63) is 53.3 Å². The van der Waals surface area contributed by atoms with Crippen LogP contribution in [0.1, 0.15) is 22.8 Å². The summed E-state index contributed by atoms with van der Waals surface area (Å²) in [5, 5.41) is 13.4. The first-order chi connectivity index (χ1) is 11.7. The van der Waals surface area contributed by atoms with Crippen LogP contribution in [-0.4, -0.2) is 47.9 Å². The Kier molecular flexibility index (Phi) is 5.74. The Hall–Kier alpha value is -2.02. The van der Waals surface area contributed by atoms with E-state index in [-0.39, 0.29) is 0 Å². The fourth-order valence-electron chi connectivity index (χ4n) is 2.63. The van der Waals surface area contributed by atoms with Gasteiger partial charge in [-0.05, 0) is 12.5 Å². The highest BCUT2D eigenvalue weighted by molar-refractivity contribution is 5.30. The number of aryl methyl sites for hydroxylation is 1. The number of ether oxygens (including phenoxy) is 1. The minimum absolute atomic E-state index is 0.494. The van der Waals surface area contributed by atoms with Gasteiger partial charge in [-0.1, -0.05) is 29.8 Å². The van der Waals surface area contributed by atoms with Crippen molar-refractivity contribution in [1.29, 1.82) is 0 Å². The molecule has 128 valence electrons. The van der Waals surface area contributed by atoms with Crippen molar-refractivity contribution in [2.75, 3.05) is 37.7 Å². The van der Waals surface area contributed by atoms with Crippen LogP contribution in [0.25, 0.3) is 0 Å². The van der Waals surface area contributed by atoms with Gasteiger partial charge in [-0.15, -0.1) is 0 Å². The number of aliphatic hydroxyl groups is 1. The molecule has 24 heavy (non-hydrogen) atoms. The van der Waals surface area contributed by atoms with Crippen molar-refractivity contribution < 1.29 is 9.84 Å². The normalized spacial score (nSPS) is 16.2. The minimum atomic E-state index is -0.515. The molecule has 1 saturated heterocycles. The molecule has 0 radical (unpaired) electrons. The number of anilines is 1. The number of nitrogens with one attached hydrogen (secondary N) is 1. The second-order valence-electron chi connectivity index (χ2n) is 6.05. The molecular weight excluding hydrogens is 304 g/mol. The van der Waals surface area contributed by atoms with Gasteiger partial charge in [0.15, 0.2) is 0 Å². The average molecular weight is 328 g/mol. The summed E-state index contributed by atoms with van der Waals surface area (Å²) in [5.41, 5.74) is 3.12. The topological polar surface area (TPSA) is 70.5 Å². The average Bonchev–Trinajstić information content (AvgIpc) is 2.63. The highest BCUT2D eigenvalue weighted by atomic mass is 16.5. The lowest BCUT2D eigenvalue weighted by Crippen LogP contribution is -2.37. The van der Waals surface area contributed by atoms with Crippen LogP contribution >= 0.6 is 0 Å². The number of hydrogen-bond donors (Lipinski definition) is 2. The number of aliphatic hydroxyl groups excluding tert-OH is 1. The van der Waals surface area contributed by atoms with Gasteiger partial charge in [0, 0.05) is 44.1 Å². The zero-order valence-electron chi connectivity index (χ0n) is 14.0. The first-order valence-corrected chi connectivity index (χ1v) is 8.31.